The molecule has 2 aromatic rings. The summed E-state index contributed by atoms with van der Waals surface area (Å²) in [4.78, 5) is 28.4. The predicted molar refractivity (Wildman–Crippen MR) is 88.9 cm³/mol. The summed E-state index contributed by atoms with van der Waals surface area (Å²) in [5.74, 6) is 0.433. The zero-order chi connectivity index (χ0) is 17.0. The van der Waals surface area contributed by atoms with E-state index in [1.54, 1.807) is 13.2 Å². The van der Waals surface area contributed by atoms with Gasteiger partial charge in [0.15, 0.2) is 0 Å². The molecule has 0 bridgehead atoms. The topological polar surface area (TPSA) is 73.2 Å². The van der Waals surface area contributed by atoms with Crippen molar-refractivity contribution in [3.8, 4) is 5.75 Å². The fraction of sp³-hybridized carbons (Fsp3) is 0.353. The maximum atomic E-state index is 12.2. The van der Waals surface area contributed by atoms with E-state index in [1.807, 2.05) is 32.9 Å². The number of amides is 1. The molecule has 23 heavy (non-hydrogen) atoms. The second kappa shape index (κ2) is 7.09. The first-order chi connectivity index (χ1) is 10.9. The molecule has 6 heteroatoms. The Hall–Kier alpha value is -2.63. The average Bonchev–Trinajstić information content (AvgIpc) is 2.49. The highest BCUT2D eigenvalue weighted by atomic mass is 16.5. The first kappa shape index (κ1) is 16.7. The minimum atomic E-state index is -0.310. The van der Waals surface area contributed by atoms with Crippen LogP contribution in [0.3, 0.4) is 0 Å². The summed E-state index contributed by atoms with van der Waals surface area (Å²) in [6.45, 7) is 5.75. The minimum Gasteiger partial charge on any atom is -0.495 e. The summed E-state index contributed by atoms with van der Waals surface area (Å²) >= 11 is 0. The summed E-state index contributed by atoms with van der Waals surface area (Å²) in [7, 11) is 1.54. The van der Waals surface area contributed by atoms with Crippen molar-refractivity contribution in [2.45, 2.75) is 33.2 Å². The number of carbonyl (C=O) groups is 1. The second-order valence-electron chi connectivity index (χ2n) is 5.69. The molecule has 0 unspecified atom stereocenters. The number of aromatic nitrogens is 2. The van der Waals surface area contributed by atoms with Gasteiger partial charge in [-0.15, -0.1) is 0 Å². The predicted octanol–water partition coefficient (Wildman–Crippen LogP) is 2.32. The third-order valence-electron chi connectivity index (χ3n) is 3.44. The normalized spacial score (nSPS) is 10.7. The standard InChI is InChI=1S/C17H21N3O3/c1-11(2)13-8-17(22)20(10-18-13)9-16(21)19-14-7-12(3)5-6-15(14)23-4/h5-8,10-11H,9H2,1-4H3,(H,19,21). The van der Waals surface area contributed by atoms with Crippen LogP contribution in [0.1, 0.15) is 31.0 Å². The lowest BCUT2D eigenvalue weighted by atomic mass is 10.1. The molecule has 1 N–H and O–H groups in total. The Morgan fingerprint density at radius 2 is 2.09 bits per heavy atom. The largest absolute Gasteiger partial charge is 0.495 e. The number of benzene rings is 1. The zero-order valence-electron chi connectivity index (χ0n) is 13.8. The molecule has 0 aliphatic heterocycles. The van der Waals surface area contributed by atoms with E-state index < -0.39 is 0 Å². The Kier molecular flexibility index (Phi) is 5.16. The third kappa shape index (κ3) is 4.18. The van der Waals surface area contributed by atoms with Crippen molar-refractivity contribution in [3.63, 3.8) is 0 Å². The van der Waals surface area contributed by atoms with E-state index in [2.05, 4.69) is 10.3 Å². The molecule has 1 heterocycles. The maximum absolute atomic E-state index is 12.2. The highest BCUT2D eigenvalue weighted by molar-refractivity contribution is 5.92. The number of hydrogen-bond acceptors (Lipinski definition) is 4. The third-order valence-corrected chi connectivity index (χ3v) is 3.44. The van der Waals surface area contributed by atoms with E-state index in [0.717, 1.165) is 5.56 Å². The molecule has 0 fully saturated rings. The fourth-order valence-corrected chi connectivity index (χ4v) is 2.14. The van der Waals surface area contributed by atoms with Gasteiger partial charge in [-0.1, -0.05) is 19.9 Å². The quantitative estimate of drug-likeness (QED) is 0.919. The van der Waals surface area contributed by atoms with Gasteiger partial charge in [-0.2, -0.15) is 0 Å². The van der Waals surface area contributed by atoms with Crippen molar-refractivity contribution in [1.29, 1.82) is 0 Å². The number of hydrogen-bond donors (Lipinski definition) is 1. The smallest absolute Gasteiger partial charge is 0.254 e. The van der Waals surface area contributed by atoms with E-state index in [-0.39, 0.29) is 23.9 Å². The molecular weight excluding hydrogens is 294 g/mol. The van der Waals surface area contributed by atoms with Crippen molar-refractivity contribution in [3.05, 3.63) is 52.2 Å². The van der Waals surface area contributed by atoms with Crippen molar-refractivity contribution < 1.29 is 9.53 Å². The van der Waals surface area contributed by atoms with Crippen LogP contribution in [0.4, 0.5) is 5.69 Å². The lowest BCUT2D eigenvalue weighted by molar-refractivity contribution is -0.116. The zero-order valence-corrected chi connectivity index (χ0v) is 13.8. The Labute approximate surface area is 135 Å². The Morgan fingerprint density at radius 3 is 2.70 bits per heavy atom. The summed E-state index contributed by atoms with van der Waals surface area (Å²) in [6, 6.07) is 6.97. The lowest BCUT2D eigenvalue weighted by Crippen LogP contribution is -2.28. The minimum absolute atomic E-state index is 0.0959. The number of anilines is 1. The highest BCUT2D eigenvalue weighted by Gasteiger charge is 2.10. The van der Waals surface area contributed by atoms with Gasteiger partial charge in [-0.05, 0) is 30.5 Å². The first-order valence-corrected chi connectivity index (χ1v) is 7.41. The Bertz CT molecular complexity index is 766. The van der Waals surface area contributed by atoms with E-state index in [4.69, 9.17) is 4.74 Å². The maximum Gasteiger partial charge on any atom is 0.254 e. The summed E-state index contributed by atoms with van der Waals surface area (Å²) < 4.78 is 6.50. The van der Waals surface area contributed by atoms with Crippen LogP contribution in [-0.2, 0) is 11.3 Å². The molecule has 0 aliphatic rings. The van der Waals surface area contributed by atoms with Gasteiger partial charge in [0.1, 0.15) is 12.3 Å². The molecule has 1 aromatic heterocycles. The van der Waals surface area contributed by atoms with Crippen LogP contribution in [-0.4, -0.2) is 22.6 Å². The highest BCUT2D eigenvalue weighted by Crippen LogP contribution is 2.25. The van der Waals surface area contributed by atoms with Crippen LogP contribution in [0.5, 0.6) is 5.75 Å². The number of nitrogens with zero attached hydrogens (tertiary/aromatic N) is 2. The summed E-state index contributed by atoms with van der Waals surface area (Å²) in [5.41, 5.74) is 2.06. The number of methoxy groups -OCH3 is 1. The van der Waals surface area contributed by atoms with Crippen LogP contribution in [0.25, 0.3) is 0 Å². The van der Waals surface area contributed by atoms with Gasteiger partial charge in [0.05, 0.1) is 24.8 Å². The number of aryl methyl sites for hydroxylation is 1. The van der Waals surface area contributed by atoms with Gasteiger partial charge in [-0.25, -0.2) is 4.98 Å². The van der Waals surface area contributed by atoms with Gasteiger partial charge >= 0.3 is 0 Å². The molecule has 2 rings (SSSR count). The summed E-state index contributed by atoms with van der Waals surface area (Å²) in [5, 5.41) is 2.76. The molecule has 0 radical (unpaired) electrons. The molecule has 0 saturated heterocycles. The Morgan fingerprint density at radius 1 is 1.35 bits per heavy atom. The van der Waals surface area contributed by atoms with E-state index in [1.165, 1.54) is 17.0 Å². The average molecular weight is 315 g/mol. The van der Waals surface area contributed by atoms with Gasteiger partial charge in [0.25, 0.3) is 5.56 Å². The number of rotatable bonds is 5. The van der Waals surface area contributed by atoms with Crippen LogP contribution < -0.4 is 15.6 Å². The SMILES string of the molecule is COc1ccc(C)cc1NC(=O)Cn1cnc(C(C)C)cc1=O. The number of nitrogens with one attached hydrogen (secondary N) is 1. The van der Waals surface area contributed by atoms with Crippen LogP contribution >= 0.6 is 0 Å². The molecule has 0 spiro atoms. The van der Waals surface area contributed by atoms with E-state index in [0.29, 0.717) is 17.1 Å². The molecule has 0 saturated carbocycles. The Balaban J connectivity index is 2.14. The van der Waals surface area contributed by atoms with E-state index in [9.17, 15) is 9.59 Å². The van der Waals surface area contributed by atoms with E-state index >= 15 is 0 Å². The van der Waals surface area contributed by atoms with Crippen molar-refractivity contribution in [2.75, 3.05) is 12.4 Å². The van der Waals surface area contributed by atoms with Crippen LogP contribution in [0.15, 0.2) is 35.4 Å². The molecule has 1 amide bonds. The molecular formula is C17H21N3O3. The molecule has 0 aliphatic carbocycles. The van der Waals surface area contributed by atoms with Gasteiger partial charge in [0, 0.05) is 6.07 Å². The van der Waals surface area contributed by atoms with Gasteiger partial charge in [-0.3, -0.25) is 14.2 Å². The van der Waals surface area contributed by atoms with Crippen molar-refractivity contribution >= 4 is 11.6 Å². The van der Waals surface area contributed by atoms with Crippen molar-refractivity contribution in [1.82, 2.24) is 9.55 Å². The van der Waals surface area contributed by atoms with Crippen LogP contribution in [0.2, 0.25) is 0 Å². The fourth-order valence-electron chi connectivity index (χ4n) is 2.14. The molecule has 1 aromatic carbocycles. The molecule has 6 nitrogen and oxygen atoms in total. The molecule has 0 atom stereocenters. The number of ether oxygens (including phenoxy) is 1. The first-order valence-electron chi connectivity index (χ1n) is 7.41. The molecule has 122 valence electrons. The van der Waals surface area contributed by atoms with Crippen LogP contribution in [0, 0.1) is 6.92 Å². The van der Waals surface area contributed by atoms with Gasteiger partial charge < -0.3 is 10.1 Å². The van der Waals surface area contributed by atoms with Crippen molar-refractivity contribution in [2.24, 2.45) is 0 Å². The monoisotopic (exact) mass is 315 g/mol. The summed E-state index contributed by atoms with van der Waals surface area (Å²) in [6.07, 6.45) is 1.41. The van der Waals surface area contributed by atoms with Gasteiger partial charge in [0.2, 0.25) is 5.91 Å². The number of carbonyl (C=O) groups excluding carboxylic acids is 1. The second-order valence-corrected chi connectivity index (χ2v) is 5.69. The lowest BCUT2D eigenvalue weighted by Gasteiger charge is -2.12.